The zero-order valence-electron chi connectivity index (χ0n) is 10.7. The Labute approximate surface area is 115 Å². The zero-order valence-corrected chi connectivity index (χ0v) is 10.7. The molecule has 0 saturated heterocycles. The third-order valence-electron chi connectivity index (χ3n) is 2.66. The predicted molar refractivity (Wildman–Crippen MR) is 74.1 cm³/mol. The standard InChI is InChI=1S/C13H15N5O2/c14-9-3-1-2-4-11(9)18-8-6-10(17-18)13(20)16-7-5-12(15)19/h1-4,6,8H,5,7,14H2,(H2,15,19)(H,16,20). The Balaban J connectivity index is 2.07. The number of nitrogens with one attached hydrogen (secondary N) is 1. The second-order valence-electron chi connectivity index (χ2n) is 4.18. The Kier molecular flexibility index (Phi) is 3.99. The van der Waals surface area contributed by atoms with Gasteiger partial charge < -0.3 is 16.8 Å². The van der Waals surface area contributed by atoms with Crippen LogP contribution in [0.2, 0.25) is 0 Å². The molecular formula is C13H15N5O2. The van der Waals surface area contributed by atoms with Gasteiger partial charge in [0.1, 0.15) is 0 Å². The summed E-state index contributed by atoms with van der Waals surface area (Å²) in [6.45, 7) is 0.189. The van der Waals surface area contributed by atoms with E-state index in [0.29, 0.717) is 11.4 Å². The Morgan fingerprint density at radius 2 is 2.00 bits per heavy atom. The van der Waals surface area contributed by atoms with Gasteiger partial charge in [-0.05, 0) is 18.2 Å². The van der Waals surface area contributed by atoms with Crippen LogP contribution in [-0.4, -0.2) is 28.1 Å². The summed E-state index contributed by atoms with van der Waals surface area (Å²) in [6.07, 6.45) is 1.74. The summed E-state index contributed by atoms with van der Waals surface area (Å²) < 4.78 is 1.53. The molecule has 0 aliphatic rings. The summed E-state index contributed by atoms with van der Waals surface area (Å²) in [5.74, 6) is -0.826. The number of hydrogen-bond donors (Lipinski definition) is 3. The number of anilines is 1. The third kappa shape index (κ3) is 3.14. The van der Waals surface area contributed by atoms with Gasteiger partial charge in [0, 0.05) is 19.2 Å². The highest BCUT2D eigenvalue weighted by atomic mass is 16.2. The molecule has 20 heavy (non-hydrogen) atoms. The molecule has 2 rings (SSSR count). The van der Waals surface area contributed by atoms with Gasteiger partial charge in [0.25, 0.3) is 5.91 Å². The molecule has 0 aliphatic carbocycles. The molecule has 7 heteroatoms. The van der Waals surface area contributed by atoms with Crippen LogP contribution < -0.4 is 16.8 Å². The first-order chi connectivity index (χ1) is 9.58. The second-order valence-corrected chi connectivity index (χ2v) is 4.18. The number of para-hydroxylation sites is 2. The molecule has 1 aromatic carbocycles. The maximum absolute atomic E-state index is 11.8. The Hall–Kier alpha value is -2.83. The van der Waals surface area contributed by atoms with Crippen molar-refractivity contribution in [1.82, 2.24) is 15.1 Å². The monoisotopic (exact) mass is 273 g/mol. The lowest BCUT2D eigenvalue weighted by Gasteiger charge is -2.04. The number of aromatic nitrogens is 2. The molecule has 2 aromatic rings. The van der Waals surface area contributed by atoms with Crippen molar-refractivity contribution < 1.29 is 9.59 Å². The highest BCUT2D eigenvalue weighted by molar-refractivity contribution is 5.92. The SMILES string of the molecule is NC(=O)CCNC(=O)c1ccn(-c2ccccc2N)n1. The molecule has 104 valence electrons. The van der Waals surface area contributed by atoms with Gasteiger partial charge in [-0.3, -0.25) is 9.59 Å². The van der Waals surface area contributed by atoms with E-state index >= 15 is 0 Å². The van der Waals surface area contributed by atoms with Gasteiger partial charge in [-0.1, -0.05) is 12.1 Å². The van der Waals surface area contributed by atoms with Crippen LogP contribution in [0.5, 0.6) is 0 Å². The Morgan fingerprint density at radius 1 is 1.25 bits per heavy atom. The van der Waals surface area contributed by atoms with Crippen LogP contribution in [0.25, 0.3) is 5.69 Å². The van der Waals surface area contributed by atoms with Gasteiger partial charge >= 0.3 is 0 Å². The van der Waals surface area contributed by atoms with E-state index in [9.17, 15) is 9.59 Å². The van der Waals surface area contributed by atoms with Crippen molar-refractivity contribution in [2.45, 2.75) is 6.42 Å². The number of nitrogens with zero attached hydrogens (tertiary/aromatic N) is 2. The van der Waals surface area contributed by atoms with Crippen LogP contribution >= 0.6 is 0 Å². The zero-order chi connectivity index (χ0) is 14.5. The third-order valence-corrected chi connectivity index (χ3v) is 2.66. The average Bonchev–Trinajstić information content (AvgIpc) is 2.88. The summed E-state index contributed by atoms with van der Waals surface area (Å²) >= 11 is 0. The molecule has 1 heterocycles. The van der Waals surface area contributed by atoms with Crippen molar-refractivity contribution >= 4 is 17.5 Å². The summed E-state index contributed by atoms with van der Waals surface area (Å²) in [5.41, 5.74) is 12.3. The van der Waals surface area contributed by atoms with E-state index in [2.05, 4.69) is 10.4 Å². The number of primary amides is 1. The normalized spacial score (nSPS) is 10.2. The van der Waals surface area contributed by atoms with Crippen LogP contribution in [0, 0.1) is 0 Å². The Bertz CT molecular complexity index is 635. The molecule has 0 saturated carbocycles. The minimum Gasteiger partial charge on any atom is -0.397 e. The number of rotatable bonds is 5. The lowest BCUT2D eigenvalue weighted by Crippen LogP contribution is -2.28. The van der Waals surface area contributed by atoms with E-state index in [1.54, 1.807) is 24.4 Å². The lowest BCUT2D eigenvalue weighted by atomic mass is 10.3. The van der Waals surface area contributed by atoms with Crippen molar-refractivity contribution in [3.63, 3.8) is 0 Å². The average molecular weight is 273 g/mol. The van der Waals surface area contributed by atoms with Gasteiger partial charge in [-0.2, -0.15) is 5.10 Å². The van der Waals surface area contributed by atoms with Crippen molar-refractivity contribution in [2.24, 2.45) is 5.73 Å². The fourth-order valence-corrected chi connectivity index (χ4v) is 1.67. The lowest BCUT2D eigenvalue weighted by molar-refractivity contribution is -0.117. The molecule has 0 atom stereocenters. The number of carbonyl (C=O) groups is 2. The van der Waals surface area contributed by atoms with E-state index in [1.165, 1.54) is 4.68 Å². The second kappa shape index (κ2) is 5.87. The summed E-state index contributed by atoms with van der Waals surface area (Å²) in [6, 6.07) is 8.78. The van der Waals surface area contributed by atoms with Crippen molar-refractivity contribution in [1.29, 1.82) is 0 Å². The van der Waals surface area contributed by atoms with Crippen LogP contribution in [0.4, 0.5) is 5.69 Å². The molecule has 0 unspecified atom stereocenters. The first kappa shape index (κ1) is 13.6. The first-order valence-corrected chi connectivity index (χ1v) is 6.05. The molecule has 5 N–H and O–H groups in total. The molecular weight excluding hydrogens is 258 g/mol. The molecule has 0 fully saturated rings. The Morgan fingerprint density at radius 3 is 2.70 bits per heavy atom. The van der Waals surface area contributed by atoms with Crippen molar-refractivity contribution in [3.05, 3.63) is 42.2 Å². The highest BCUT2D eigenvalue weighted by Gasteiger charge is 2.10. The minimum atomic E-state index is -0.465. The largest absolute Gasteiger partial charge is 0.397 e. The number of hydrogen-bond acceptors (Lipinski definition) is 4. The van der Waals surface area contributed by atoms with Crippen LogP contribution in [0.1, 0.15) is 16.9 Å². The van der Waals surface area contributed by atoms with Gasteiger partial charge in [-0.15, -0.1) is 0 Å². The predicted octanol–water partition coefficient (Wildman–Crippen LogP) is 0.0597. The van der Waals surface area contributed by atoms with Crippen LogP contribution in [0.3, 0.4) is 0 Å². The fraction of sp³-hybridized carbons (Fsp3) is 0.154. The number of benzene rings is 1. The fourth-order valence-electron chi connectivity index (χ4n) is 1.67. The highest BCUT2D eigenvalue weighted by Crippen LogP contribution is 2.15. The van der Waals surface area contributed by atoms with E-state index in [0.717, 1.165) is 0 Å². The maximum Gasteiger partial charge on any atom is 0.271 e. The van der Waals surface area contributed by atoms with E-state index in [-0.39, 0.29) is 24.6 Å². The summed E-state index contributed by atoms with van der Waals surface area (Å²) in [4.78, 5) is 22.4. The number of carbonyl (C=O) groups excluding carboxylic acids is 2. The van der Waals surface area contributed by atoms with Gasteiger partial charge in [0.2, 0.25) is 5.91 Å². The first-order valence-electron chi connectivity index (χ1n) is 6.05. The van der Waals surface area contributed by atoms with Gasteiger partial charge in [0.15, 0.2) is 5.69 Å². The number of nitrogen functional groups attached to an aromatic ring is 1. The van der Waals surface area contributed by atoms with E-state index < -0.39 is 5.91 Å². The quantitative estimate of drug-likeness (QED) is 0.668. The van der Waals surface area contributed by atoms with Gasteiger partial charge in [0.05, 0.1) is 11.4 Å². The molecule has 0 bridgehead atoms. The minimum absolute atomic E-state index is 0.0953. The molecule has 0 aliphatic heterocycles. The van der Waals surface area contributed by atoms with Crippen molar-refractivity contribution in [2.75, 3.05) is 12.3 Å². The van der Waals surface area contributed by atoms with Gasteiger partial charge in [-0.25, -0.2) is 4.68 Å². The summed E-state index contributed by atoms with van der Waals surface area (Å²) in [5, 5.41) is 6.71. The maximum atomic E-state index is 11.8. The van der Waals surface area contributed by atoms with E-state index in [1.807, 2.05) is 12.1 Å². The van der Waals surface area contributed by atoms with E-state index in [4.69, 9.17) is 11.5 Å². The summed E-state index contributed by atoms with van der Waals surface area (Å²) in [7, 11) is 0. The topological polar surface area (TPSA) is 116 Å². The van der Waals surface area contributed by atoms with Crippen LogP contribution in [0.15, 0.2) is 36.5 Å². The van der Waals surface area contributed by atoms with Crippen LogP contribution in [-0.2, 0) is 4.79 Å². The van der Waals surface area contributed by atoms with Crippen molar-refractivity contribution in [3.8, 4) is 5.69 Å². The molecule has 7 nitrogen and oxygen atoms in total. The molecule has 0 spiro atoms. The number of nitrogens with two attached hydrogens (primary N) is 2. The smallest absolute Gasteiger partial charge is 0.271 e. The molecule has 0 radical (unpaired) electrons. The number of amides is 2. The molecule has 2 amide bonds. The molecule has 1 aromatic heterocycles.